The lowest BCUT2D eigenvalue weighted by Gasteiger charge is -2.06. The molecule has 0 saturated carbocycles. The van der Waals surface area contributed by atoms with Gasteiger partial charge in [-0.25, -0.2) is 4.79 Å². The summed E-state index contributed by atoms with van der Waals surface area (Å²) in [7, 11) is 3.05. The second-order valence-electron chi connectivity index (χ2n) is 4.82. The van der Waals surface area contributed by atoms with Gasteiger partial charge in [0.05, 0.1) is 20.8 Å². The fraction of sp³-hybridized carbons (Fsp3) is 0.353. The van der Waals surface area contributed by atoms with E-state index in [2.05, 4.69) is 10.6 Å². The smallest absolute Gasteiger partial charge is 0.331 e. The van der Waals surface area contributed by atoms with E-state index in [1.807, 2.05) is 0 Å². The molecule has 136 valence electrons. The molecule has 0 fully saturated rings. The van der Waals surface area contributed by atoms with Crippen LogP contribution in [0.25, 0.3) is 6.08 Å². The molecule has 8 heteroatoms. The summed E-state index contributed by atoms with van der Waals surface area (Å²) in [5, 5.41) is 4.87. The van der Waals surface area contributed by atoms with E-state index >= 15 is 0 Å². The minimum atomic E-state index is -0.685. The number of hydrogen-bond donors (Lipinski definition) is 2. The van der Waals surface area contributed by atoms with Crippen molar-refractivity contribution in [3.8, 4) is 11.5 Å². The molecular formula is C17H22N2O6. The Kier molecular flexibility index (Phi) is 8.56. The number of likely N-dealkylation sites (N-methyl/N-ethyl adjacent to an activating group) is 1. The highest BCUT2D eigenvalue weighted by Gasteiger charge is 2.07. The van der Waals surface area contributed by atoms with E-state index in [1.54, 1.807) is 25.1 Å². The first kappa shape index (κ1) is 20.0. The molecule has 2 amide bonds. The maximum absolute atomic E-state index is 11.6. The van der Waals surface area contributed by atoms with Gasteiger partial charge in [0, 0.05) is 18.7 Å². The molecule has 0 heterocycles. The van der Waals surface area contributed by atoms with E-state index in [0.717, 1.165) is 0 Å². The molecule has 0 radical (unpaired) electrons. The Bertz CT molecular complexity index is 620. The third kappa shape index (κ3) is 7.87. The van der Waals surface area contributed by atoms with Gasteiger partial charge in [-0.2, -0.15) is 0 Å². The zero-order valence-electron chi connectivity index (χ0n) is 14.5. The van der Waals surface area contributed by atoms with Crippen LogP contribution in [0, 0.1) is 0 Å². The van der Waals surface area contributed by atoms with Crippen molar-refractivity contribution < 1.29 is 28.6 Å². The van der Waals surface area contributed by atoms with Gasteiger partial charge in [-0.3, -0.25) is 9.59 Å². The number of methoxy groups -OCH3 is 2. The van der Waals surface area contributed by atoms with Crippen molar-refractivity contribution in [3.05, 3.63) is 29.8 Å². The Morgan fingerprint density at radius 2 is 1.64 bits per heavy atom. The molecule has 0 saturated heterocycles. The summed E-state index contributed by atoms with van der Waals surface area (Å²) in [5.41, 5.74) is 0.675. The highest BCUT2D eigenvalue weighted by molar-refractivity contribution is 5.90. The molecule has 0 aliphatic carbocycles. The van der Waals surface area contributed by atoms with Crippen LogP contribution in [0.3, 0.4) is 0 Å². The van der Waals surface area contributed by atoms with Crippen LogP contribution in [0.4, 0.5) is 0 Å². The van der Waals surface area contributed by atoms with E-state index in [4.69, 9.17) is 14.2 Å². The summed E-state index contributed by atoms with van der Waals surface area (Å²) in [6.45, 7) is 1.61. The zero-order chi connectivity index (χ0) is 18.7. The molecule has 2 N–H and O–H groups in total. The number of nitrogens with one attached hydrogen (secondary N) is 2. The van der Waals surface area contributed by atoms with Gasteiger partial charge in [-0.05, 0) is 30.7 Å². The minimum absolute atomic E-state index is 0.163. The molecule has 0 aliphatic rings. The van der Waals surface area contributed by atoms with E-state index in [9.17, 15) is 14.4 Å². The average molecular weight is 350 g/mol. The summed E-state index contributed by atoms with van der Waals surface area (Å²) in [6.07, 6.45) is 2.70. The van der Waals surface area contributed by atoms with Crippen molar-refractivity contribution in [3.63, 3.8) is 0 Å². The molecule has 8 nitrogen and oxygen atoms in total. The SMILES string of the molecule is CCNC(=O)CNC(=O)COC(=O)/C=C/c1cc(OC)cc(OC)c1. The Morgan fingerprint density at radius 1 is 1.00 bits per heavy atom. The summed E-state index contributed by atoms with van der Waals surface area (Å²) in [5.74, 6) is -0.394. The standard InChI is InChI=1S/C17H22N2O6/c1-4-18-15(20)10-19-16(21)11-25-17(22)6-5-12-7-13(23-2)9-14(8-12)24-3/h5-9H,4,10-11H2,1-3H3,(H,18,20)(H,19,21)/b6-5+. The predicted molar refractivity (Wildman–Crippen MR) is 91.2 cm³/mol. The van der Waals surface area contributed by atoms with Gasteiger partial charge in [0.1, 0.15) is 11.5 Å². The molecule has 0 aromatic heterocycles. The molecule has 0 atom stereocenters. The number of carbonyl (C=O) groups is 3. The third-order valence-electron chi connectivity index (χ3n) is 2.95. The first-order chi connectivity index (χ1) is 12.0. The zero-order valence-corrected chi connectivity index (χ0v) is 14.5. The Balaban J connectivity index is 2.47. The lowest BCUT2D eigenvalue weighted by Crippen LogP contribution is -2.38. The monoisotopic (exact) mass is 350 g/mol. The Morgan fingerprint density at radius 3 is 2.20 bits per heavy atom. The van der Waals surface area contributed by atoms with Gasteiger partial charge < -0.3 is 24.8 Å². The second kappa shape index (κ2) is 10.7. The summed E-state index contributed by atoms with van der Waals surface area (Å²) in [4.78, 5) is 34.3. The molecule has 0 aliphatic heterocycles. The quantitative estimate of drug-likeness (QED) is 0.497. The van der Waals surface area contributed by atoms with Crippen molar-refractivity contribution in [2.24, 2.45) is 0 Å². The molecule has 1 aromatic carbocycles. The highest BCUT2D eigenvalue weighted by atomic mass is 16.5. The molecule has 1 aromatic rings. The lowest BCUT2D eigenvalue weighted by atomic mass is 10.2. The molecule has 0 spiro atoms. The van der Waals surface area contributed by atoms with Crippen LogP contribution < -0.4 is 20.1 Å². The van der Waals surface area contributed by atoms with Crippen LogP contribution >= 0.6 is 0 Å². The van der Waals surface area contributed by atoms with Crippen molar-refractivity contribution in [2.75, 3.05) is 33.9 Å². The van der Waals surface area contributed by atoms with Gasteiger partial charge in [0.2, 0.25) is 5.91 Å². The normalized spacial score (nSPS) is 10.2. The average Bonchev–Trinajstić information content (AvgIpc) is 2.62. The van der Waals surface area contributed by atoms with E-state index in [-0.39, 0.29) is 12.5 Å². The minimum Gasteiger partial charge on any atom is -0.497 e. The van der Waals surface area contributed by atoms with Crippen LogP contribution in [0.5, 0.6) is 11.5 Å². The molecule has 25 heavy (non-hydrogen) atoms. The van der Waals surface area contributed by atoms with Crippen LogP contribution in [-0.2, 0) is 19.1 Å². The molecule has 0 unspecified atom stereocenters. The van der Waals surface area contributed by atoms with E-state index in [1.165, 1.54) is 26.4 Å². The number of benzene rings is 1. The Hall–Kier alpha value is -3.03. The number of ether oxygens (including phenoxy) is 3. The first-order valence-corrected chi connectivity index (χ1v) is 7.59. The largest absolute Gasteiger partial charge is 0.497 e. The van der Waals surface area contributed by atoms with Crippen LogP contribution in [0.1, 0.15) is 12.5 Å². The van der Waals surface area contributed by atoms with Gasteiger partial charge >= 0.3 is 5.97 Å². The van der Waals surface area contributed by atoms with Crippen molar-refractivity contribution in [1.82, 2.24) is 10.6 Å². The Labute approximate surface area is 146 Å². The van der Waals surface area contributed by atoms with Crippen molar-refractivity contribution >= 4 is 23.9 Å². The van der Waals surface area contributed by atoms with E-state index < -0.39 is 18.5 Å². The maximum atomic E-state index is 11.6. The fourth-order valence-corrected chi connectivity index (χ4v) is 1.76. The number of carbonyl (C=O) groups excluding carboxylic acids is 3. The lowest BCUT2D eigenvalue weighted by molar-refractivity contribution is -0.143. The topological polar surface area (TPSA) is 103 Å². The summed E-state index contributed by atoms with van der Waals surface area (Å²) in [6, 6.07) is 5.13. The number of rotatable bonds is 9. The summed E-state index contributed by atoms with van der Waals surface area (Å²) < 4.78 is 15.1. The fourth-order valence-electron chi connectivity index (χ4n) is 1.76. The number of amides is 2. The molecule has 0 bridgehead atoms. The van der Waals surface area contributed by atoms with Crippen LogP contribution in [0.2, 0.25) is 0 Å². The third-order valence-corrected chi connectivity index (χ3v) is 2.95. The van der Waals surface area contributed by atoms with Gasteiger partial charge in [0.25, 0.3) is 5.91 Å². The molecule has 1 rings (SSSR count). The van der Waals surface area contributed by atoms with Gasteiger partial charge in [0.15, 0.2) is 6.61 Å². The van der Waals surface area contributed by atoms with E-state index in [0.29, 0.717) is 23.6 Å². The number of hydrogen-bond acceptors (Lipinski definition) is 6. The predicted octanol–water partition coefficient (Wildman–Crippen LogP) is 0.513. The maximum Gasteiger partial charge on any atom is 0.331 e. The second-order valence-corrected chi connectivity index (χ2v) is 4.82. The van der Waals surface area contributed by atoms with Crippen LogP contribution in [0.15, 0.2) is 24.3 Å². The van der Waals surface area contributed by atoms with Gasteiger partial charge in [-0.1, -0.05) is 0 Å². The summed E-state index contributed by atoms with van der Waals surface area (Å²) >= 11 is 0. The van der Waals surface area contributed by atoms with Gasteiger partial charge in [-0.15, -0.1) is 0 Å². The van der Waals surface area contributed by atoms with Crippen LogP contribution in [-0.4, -0.2) is 51.7 Å². The first-order valence-electron chi connectivity index (χ1n) is 7.59. The highest BCUT2D eigenvalue weighted by Crippen LogP contribution is 2.23. The molecular weight excluding hydrogens is 328 g/mol. The van der Waals surface area contributed by atoms with Crippen molar-refractivity contribution in [1.29, 1.82) is 0 Å². The number of esters is 1. The van der Waals surface area contributed by atoms with Crippen molar-refractivity contribution in [2.45, 2.75) is 6.92 Å².